The van der Waals surface area contributed by atoms with Crippen LogP contribution in [0.25, 0.3) is 0 Å². The molecule has 1 N–H and O–H groups in total. The van der Waals surface area contributed by atoms with E-state index in [-0.39, 0.29) is 6.04 Å². The highest BCUT2D eigenvalue weighted by atomic mass is 16.4. The predicted molar refractivity (Wildman–Crippen MR) is 60.2 cm³/mol. The molecule has 4 heteroatoms. The molecular weight excluding hydrogens is 192 g/mol. The molecule has 1 aliphatic heterocycles. The van der Waals surface area contributed by atoms with Crippen LogP contribution in [0.5, 0.6) is 0 Å². The molecule has 0 radical (unpaired) electrons. The first kappa shape index (κ1) is 12.3. The lowest BCUT2D eigenvalue weighted by atomic mass is 10.1. The van der Waals surface area contributed by atoms with Gasteiger partial charge in [0.25, 0.3) is 0 Å². The van der Waals surface area contributed by atoms with E-state index in [1.54, 1.807) is 4.90 Å². The lowest BCUT2D eigenvalue weighted by Gasteiger charge is -2.25. The molecule has 0 spiro atoms. The van der Waals surface area contributed by atoms with Gasteiger partial charge in [0.05, 0.1) is 0 Å². The van der Waals surface area contributed by atoms with E-state index in [9.17, 15) is 4.79 Å². The fourth-order valence-electron chi connectivity index (χ4n) is 2.26. The fraction of sp³-hybridized carbons (Fsp3) is 0.909. The monoisotopic (exact) mass is 214 g/mol. The largest absolute Gasteiger partial charge is 0.465 e. The van der Waals surface area contributed by atoms with Gasteiger partial charge in [-0.05, 0) is 32.4 Å². The highest BCUT2D eigenvalue weighted by molar-refractivity contribution is 5.65. The minimum Gasteiger partial charge on any atom is -0.465 e. The summed E-state index contributed by atoms with van der Waals surface area (Å²) in [6.07, 6.45) is 2.29. The van der Waals surface area contributed by atoms with Gasteiger partial charge in [0.1, 0.15) is 0 Å². The zero-order chi connectivity index (χ0) is 11.3. The molecule has 1 heterocycles. The molecule has 0 aromatic rings. The Labute approximate surface area is 91.9 Å². The van der Waals surface area contributed by atoms with E-state index in [4.69, 9.17) is 5.11 Å². The molecule has 0 aromatic heterocycles. The third-order valence-electron chi connectivity index (χ3n) is 3.30. The van der Waals surface area contributed by atoms with Crippen LogP contribution in [0, 0.1) is 0 Å². The molecule has 1 saturated heterocycles. The summed E-state index contributed by atoms with van der Waals surface area (Å²) >= 11 is 0. The van der Waals surface area contributed by atoms with Gasteiger partial charge < -0.3 is 14.9 Å². The minimum atomic E-state index is -0.753. The maximum absolute atomic E-state index is 10.9. The van der Waals surface area contributed by atoms with Crippen molar-refractivity contribution in [3.05, 3.63) is 0 Å². The third-order valence-corrected chi connectivity index (χ3v) is 3.30. The molecule has 0 saturated carbocycles. The Morgan fingerprint density at radius 2 is 2.13 bits per heavy atom. The summed E-state index contributed by atoms with van der Waals surface area (Å²) < 4.78 is 0. The normalized spacial score (nSPS) is 21.3. The first-order valence-corrected chi connectivity index (χ1v) is 5.91. The Kier molecular flexibility index (Phi) is 4.88. The minimum absolute atomic E-state index is 0.253. The van der Waals surface area contributed by atoms with Crippen molar-refractivity contribution < 1.29 is 9.90 Å². The van der Waals surface area contributed by atoms with Gasteiger partial charge in [-0.15, -0.1) is 0 Å². The van der Waals surface area contributed by atoms with E-state index in [0.717, 1.165) is 45.4 Å². The van der Waals surface area contributed by atoms with Crippen molar-refractivity contribution in [2.45, 2.75) is 39.2 Å². The van der Waals surface area contributed by atoms with Gasteiger partial charge in [-0.1, -0.05) is 13.8 Å². The maximum Gasteiger partial charge on any atom is 0.407 e. The molecule has 1 atom stereocenters. The SMILES string of the molecule is CCN(CC)CC[C@@H]1CCCN1C(=O)O. The molecule has 1 aliphatic rings. The Morgan fingerprint density at radius 1 is 1.47 bits per heavy atom. The van der Waals surface area contributed by atoms with Crippen molar-refractivity contribution in [2.75, 3.05) is 26.2 Å². The Bertz CT molecular complexity index is 205. The number of rotatable bonds is 5. The van der Waals surface area contributed by atoms with Crippen molar-refractivity contribution in [2.24, 2.45) is 0 Å². The first-order valence-electron chi connectivity index (χ1n) is 5.91. The van der Waals surface area contributed by atoms with E-state index < -0.39 is 6.09 Å². The van der Waals surface area contributed by atoms with Gasteiger partial charge in [0.2, 0.25) is 0 Å². The average Bonchev–Trinajstić information content (AvgIpc) is 2.67. The molecule has 0 unspecified atom stereocenters. The quantitative estimate of drug-likeness (QED) is 0.759. The van der Waals surface area contributed by atoms with Crippen LogP contribution < -0.4 is 0 Å². The highest BCUT2D eigenvalue weighted by Gasteiger charge is 2.28. The Balaban J connectivity index is 2.34. The maximum atomic E-state index is 10.9. The van der Waals surface area contributed by atoms with Crippen LogP contribution >= 0.6 is 0 Å². The standard InChI is InChI=1S/C11H22N2O2/c1-3-12(4-2)9-7-10-6-5-8-13(10)11(14)15/h10H,3-9H2,1-2H3,(H,14,15)/t10-/m0/s1. The van der Waals surface area contributed by atoms with Crippen molar-refractivity contribution in [1.82, 2.24) is 9.80 Å². The number of likely N-dealkylation sites (tertiary alicyclic amines) is 1. The second-order valence-corrected chi connectivity index (χ2v) is 4.09. The summed E-state index contributed by atoms with van der Waals surface area (Å²) in [5, 5.41) is 8.98. The lowest BCUT2D eigenvalue weighted by molar-refractivity contribution is 0.134. The predicted octanol–water partition coefficient (Wildman–Crippen LogP) is 1.86. The van der Waals surface area contributed by atoms with Crippen LogP contribution in [0.1, 0.15) is 33.1 Å². The van der Waals surface area contributed by atoms with Crippen molar-refractivity contribution in [3.63, 3.8) is 0 Å². The molecule has 4 nitrogen and oxygen atoms in total. The van der Waals surface area contributed by atoms with Crippen LogP contribution in [0.4, 0.5) is 4.79 Å². The van der Waals surface area contributed by atoms with Crippen molar-refractivity contribution >= 4 is 6.09 Å². The number of carbonyl (C=O) groups is 1. The summed E-state index contributed by atoms with van der Waals surface area (Å²) in [4.78, 5) is 14.9. The third kappa shape index (κ3) is 3.38. The molecule has 0 aromatic carbocycles. The molecule has 0 bridgehead atoms. The van der Waals surface area contributed by atoms with Gasteiger partial charge in [-0.25, -0.2) is 4.79 Å². The average molecular weight is 214 g/mol. The van der Waals surface area contributed by atoms with E-state index in [1.165, 1.54) is 0 Å². The second kappa shape index (κ2) is 5.95. The van der Waals surface area contributed by atoms with E-state index in [1.807, 2.05) is 0 Å². The summed E-state index contributed by atoms with van der Waals surface area (Å²) in [6, 6.07) is 0.253. The summed E-state index contributed by atoms with van der Waals surface area (Å²) in [7, 11) is 0. The number of amides is 1. The Morgan fingerprint density at radius 3 is 2.67 bits per heavy atom. The van der Waals surface area contributed by atoms with Gasteiger partial charge in [-0.2, -0.15) is 0 Å². The molecule has 0 aliphatic carbocycles. The van der Waals surface area contributed by atoms with Crippen molar-refractivity contribution in [1.29, 1.82) is 0 Å². The van der Waals surface area contributed by atoms with Crippen LogP contribution in [0.3, 0.4) is 0 Å². The zero-order valence-corrected chi connectivity index (χ0v) is 9.78. The second-order valence-electron chi connectivity index (χ2n) is 4.09. The van der Waals surface area contributed by atoms with E-state index in [0.29, 0.717) is 0 Å². The molecular formula is C11H22N2O2. The lowest BCUT2D eigenvalue weighted by Crippen LogP contribution is -2.37. The molecule has 15 heavy (non-hydrogen) atoms. The number of carboxylic acid groups (broad SMARTS) is 1. The fourth-order valence-corrected chi connectivity index (χ4v) is 2.26. The summed E-state index contributed by atoms with van der Waals surface area (Å²) in [6.45, 7) is 8.13. The summed E-state index contributed by atoms with van der Waals surface area (Å²) in [5.41, 5.74) is 0. The topological polar surface area (TPSA) is 43.8 Å². The van der Waals surface area contributed by atoms with Crippen LogP contribution in [0.15, 0.2) is 0 Å². The van der Waals surface area contributed by atoms with E-state index >= 15 is 0 Å². The molecule has 1 fully saturated rings. The smallest absolute Gasteiger partial charge is 0.407 e. The van der Waals surface area contributed by atoms with Crippen molar-refractivity contribution in [3.8, 4) is 0 Å². The number of nitrogens with zero attached hydrogens (tertiary/aromatic N) is 2. The van der Waals surface area contributed by atoms with Crippen LogP contribution in [-0.2, 0) is 0 Å². The molecule has 1 amide bonds. The van der Waals surface area contributed by atoms with Crippen LogP contribution in [-0.4, -0.2) is 53.2 Å². The van der Waals surface area contributed by atoms with Crippen LogP contribution in [0.2, 0.25) is 0 Å². The van der Waals surface area contributed by atoms with Gasteiger partial charge in [0.15, 0.2) is 0 Å². The van der Waals surface area contributed by atoms with Gasteiger partial charge in [0, 0.05) is 19.1 Å². The van der Waals surface area contributed by atoms with E-state index in [2.05, 4.69) is 18.7 Å². The Hall–Kier alpha value is -0.770. The molecule has 1 rings (SSSR count). The van der Waals surface area contributed by atoms with Gasteiger partial charge in [-0.3, -0.25) is 0 Å². The number of hydrogen-bond acceptors (Lipinski definition) is 2. The number of hydrogen-bond donors (Lipinski definition) is 1. The zero-order valence-electron chi connectivity index (χ0n) is 9.78. The summed E-state index contributed by atoms with van der Waals surface area (Å²) in [5.74, 6) is 0. The first-order chi connectivity index (χ1) is 7.19. The highest BCUT2D eigenvalue weighted by Crippen LogP contribution is 2.20. The van der Waals surface area contributed by atoms with Gasteiger partial charge >= 0.3 is 6.09 Å². The molecule has 88 valence electrons.